The number of amides is 2. The van der Waals surface area contributed by atoms with Crippen LogP contribution in [0.1, 0.15) is 48.5 Å². The largest absolute Gasteiger partial charge is 0.416 e. The van der Waals surface area contributed by atoms with Crippen molar-refractivity contribution in [3.8, 4) is 0 Å². The summed E-state index contributed by atoms with van der Waals surface area (Å²) in [5.74, 6) is -0.384. The zero-order valence-electron chi connectivity index (χ0n) is 18.1. The number of nitrogens with zero attached hydrogens (tertiary/aromatic N) is 2. The Morgan fingerprint density at radius 1 is 0.969 bits per heavy atom. The predicted molar refractivity (Wildman–Crippen MR) is 119 cm³/mol. The first kappa shape index (κ1) is 23.6. The van der Waals surface area contributed by atoms with Crippen LogP contribution >= 0.6 is 0 Å². The molecule has 8 heteroatoms. The van der Waals surface area contributed by atoms with Crippen LogP contribution < -0.4 is 10.2 Å². The van der Waals surface area contributed by atoms with Gasteiger partial charge in [-0.15, -0.1) is 0 Å². The molecule has 0 radical (unpaired) electrons. The molecular formula is C24H28F3N3O2. The minimum atomic E-state index is -4.50. The van der Waals surface area contributed by atoms with Crippen LogP contribution in [0, 0.1) is 0 Å². The molecule has 0 unspecified atom stereocenters. The molecule has 1 fully saturated rings. The predicted octanol–water partition coefficient (Wildman–Crippen LogP) is 5.19. The van der Waals surface area contributed by atoms with E-state index in [4.69, 9.17) is 0 Å². The van der Waals surface area contributed by atoms with Crippen LogP contribution in [-0.4, -0.2) is 42.9 Å². The second-order valence-corrected chi connectivity index (χ2v) is 7.90. The van der Waals surface area contributed by atoms with Crippen molar-refractivity contribution in [2.45, 2.75) is 38.8 Å². The fourth-order valence-corrected chi connectivity index (χ4v) is 3.69. The van der Waals surface area contributed by atoms with E-state index < -0.39 is 17.6 Å². The fourth-order valence-electron chi connectivity index (χ4n) is 3.69. The molecule has 32 heavy (non-hydrogen) atoms. The summed E-state index contributed by atoms with van der Waals surface area (Å²) in [5.41, 5.74) is 0.563. The van der Waals surface area contributed by atoms with Gasteiger partial charge in [0.1, 0.15) is 0 Å². The number of benzene rings is 2. The molecule has 0 spiro atoms. The highest BCUT2D eigenvalue weighted by Crippen LogP contribution is 2.29. The monoisotopic (exact) mass is 447 g/mol. The van der Waals surface area contributed by atoms with Gasteiger partial charge in [0.05, 0.1) is 5.56 Å². The van der Waals surface area contributed by atoms with E-state index in [2.05, 4.69) is 17.1 Å². The molecule has 3 rings (SSSR count). The lowest BCUT2D eigenvalue weighted by Crippen LogP contribution is -2.48. The summed E-state index contributed by atoms with van der Waals surface area (Å²) < 4.78 is 38.6. The van der Waals surface area contributed by atoms with Gasteiger partial charge in [-0.25, -0.2) is 0 Å². The molecule has 0 bridgehead atoms. The van der Waals surface area contributed by atoms with Crippen LogP contribution in [0.2, 0.25) is 0 Å². The summed E-state index contributed by atoms with van der Waals surface area (Å²) >= 11 is 0. The maximum atomic E-state index is 12.9. The van der Waals surface area contributed by atoms with Crippen molar-refractivity contribution < 1.29 is 22.8 Å². The average molecular weight is 448 g/mol. The number of rotatable bonds is 7. The highest BCUT2D eigenvalue weighted by Gasteiger charge is 2.31. The number of carbonyl (C=O) groups is 2. The van der Waals surface area contributed by atoms with E-state index in [0.29, 0.717) is 25.2 Å². The van der Waals surface area contributed by atoms with Crippen LogP contribution in [0.4, 0.5) is 24.5 Å². The Hall–Kier alpha value is -3.03. The summed E-state index contributed by atoms with van der Waals surface area (Å²) in [7, 11) is 0. The molecule has 172 valence electrons. The van der Waals surface area contributed by atoms with Gasteiger partial charge in [0.25, 0.3) is 5.91 Å². The SMILES string of the molecule is CCCCCC(=O)N1CCN(c2ccc(NC(=O)c3cccc(C(F)(F)F)c3)cc2)CC1. The van der Waals surface area contributed by atoms with E-state index in [9.17, 15) is 22.8 Å². The second-order valence-electron chi connectivity index (χ2n) is 7.90. The van der Waals surface area contributed by atoms with E-state index in [1.807, 2.05) is 17.0 Å². The van der Waals surface area contributed by atoms with Gasteiger partial charge in [0.2, 0.25) is 5.91 Å². The molecule has 1 aliphatic rings. The van der Waals surface area contributed by atoms with E-state index in [1.54, 1.807) is 12.1 Å². The Morgan fingerprint density at radius 3 is 2.28 bits per heavy atom. The molecule has 0 saturated carbocycles. The lowest BCUT2D eigenvalue weighted by atomic mass is 10.1. The van der Waals surface area contributed by atoms with Crippen molar-refractivity contribution >= 4 is 23.2 Å². The van der Waals surface area contributed by atoms with Crippen molar-refractivity contribution in [1.82, 2.24) is 4.90 Å². The average Bonchev–Trinajstić information content (AvgIpc) is 2.79. The van der Waals surface area contributed by atoms with E-state index in [-0.39, 0.29) is 11.5 Å². The van der Waals surface area contributed by atoms with Crippen LogP contribution in [0.3, 0.4) is 0 Å². The summed E-state index contributed by atoms with van der Waals surface area (Å²) in [6, 6.07) is 11.5. The van der Waals surface area contributed by atoms with Crippen molar-refractivity contribution in [3.63, 3.8) is 0 Å². The van der Waals surface area contributed by atoms with Crippen molar-refractivity contribution in [3.05, 3.63) is 59.7 Å². The van der Waals surface area contributed by atoms with Gasteiger partial charge in [-0.2, -0.15) is 13.2 Å². The van der Waals surface area contributed by atoms with Crippen molar-refractivity contribution in [2.75, 3.05) is 36.4 Å². The molecule has 0 atom stereocenters. The van der Waals surface area contributed by atoms with Gasteiger partial charge in [-0.1, -0.05) is 25.8 Å². The third-order valence-electron chi connectivity index (χ3n) is 5.57. The highest BCUT2D eigenvalue weighted by molar-refractivity contribution is 6.04. The molecule has 2 aromatic carbocycles. The number of alkyl halides is 3. The number of unbranched alkanes of at least 4 members (excludes halogenated alkanes) is 2. The number of anilines is 2. The van der Waals surface area contributed by atoms with Crippen LogP contribution in [0.25, 0.3) is 0 Å². The minimum absolute atomic E-state index is 0.0522. The van der Waals surface area contributed by atoms with Crippen molar-refractivity contribution in [1.29, 1.82) is 0 Å². The lowest BCUT2D eigenvalue weighted by molar-refractivity contribution is -0.137. The molecule has 1 N–H and O–H groups in total. The molecule has 1 aliphatic heterocycles. The van der Waals surface area contributed by atoms with Crippen LogP contribution in [0.15, 0.2) is 48.5 Å². The highest BCUT2D eigenvalue weighted by atomic mass is 19.4. The molecule has 2 aromatic rings. The van der Waals surface area contributed by atoms with Gasteiger partial charge in [0, 0.05) is 49.5 Å². The van der Waals surface area contributed by atoms with E-state index in [1.165, 1.54) is 12.1 Å². The second kappa shape index (κ2) is 10.5. The van der Waals surface area contributed by atoms with E-state index >= 15 is 0 Å². The number of carbonyl (C=O) groups excluding carboxylic acids is 2. The standard InChI is InChI=1S/C24H28F3N3O2/c1-2-3-4-8-22(31)30-15-13-29(14-16-30)21-11-9-20(10-12-21)28-23(32)18-6-5-7-19(17-18)24(25,26)27/h5-7,9-12,17H,2-4,8,13-16H2,1H3,(H,28,32). The third kappa shape index (κ3) is 6.24. The molecule has 0 aliphatic carbocycles. The summed E-state index contributed by atoms with van der Waals surface area (Å²) in [4.78, 5) is 28.7. The molecule has 5 nitrogen and oxygen atoms in total. The number of hydrogen-bond acceptors (Lipinski definition) is 3. The van der Waals surface area contributed by atoms with Gasteiger partial charge < -0.3 is 15.1 Å². The van der Waals surface area contributed by atoms with Gasteiger partial charge >= 0.3 is 6.18 Å². The summed E-state index contributed by atoms with van der Waals surface area (Å²) in [6.07, 6.45) is -0.792. The smallest absolute Gasteiger partial charge is 0.368 e. The zero-order chi connectivity index (χ0) is 23.1. The van der Waals surface area contributed by atoms with Gasteiger partial charge in [0.15, 0.2) is 0 Å². The molecule has 0 aromatic heterocycles. The topological polar surface area (TPSA) is 52.7 Å². The Bertz CT molecular complexity index is 921. The molecule has 1 saturated heterocycles. The summed E-state index contributed by atoms with van der Waals surface area (Å²) in [6.45, 7) is 4.94. The number of hydrogen-bond donors (Lipinski definition) is 1. The minimum Gasteiger partial charge on any atom is -0.368 e. The first-order valence-electron chi connectivity index (χ1n) is 10.9. The Balaban J connectivity index is 1.54. The maximum absolute atomic E-state index is 12.9. The summed E-state index contributed by atoms with van der Waals surface area (Å²) in [5, 5.41) is 2.64. The van der Waals surface area contributed by atoms with E-state index in [0.717, 1.165) is 50.2 Å². The Kier molecular flexibility index (Phi) is 7.77. The van der Waals surface area contributed by atoms with Gasteiger partial charge in [-0.3, -0.25) is 9.59 Å². The fraction of sp³-hybridized carbons (Fsp3) is 0.417. The van der Waals surface area contributed by atoms with Gasteiger partial charge in [-0.05, 0) is 48.9 Å². The maximum Gasteiger partial charge on any atom is 0.416 e. The number of nitrogens with one attached hydrogen (secondary N) is 1. The first-order valence-corrected chi connectivity index (χ1v) is 10.9. The normalized spacial score (nSPS) is 14.4. The van der Waals surface area contributed by atoms with Crippen molar-refractivity contribution in [2.24, 2.45) is 0 Å². The molecular weight excluding hydrogens is 419 g/mol. The third-order valence-corrected chi connectivity index (χ3v) is 5.57. The van der Waals surface area contributed by atoms with Crippen LogP contribution in [-0.2, 0) is 11.0 Å². The number of halogens is 3. The molecule has 2 amide bonds. The Labute approximate surface area is 186 Å². The Morgan fingerprint density at radius 2 is 1.66 bits per heavy atom. The van der Waals surface area contributed by atoms with Crippen LogP contribution in [0.5, 0.6) is 0 Å². The lowest BCUT2D eigenvalue weighted by Gasteiger charge is -2.36. The zero-order valence-corrected chi connectivity index (χ0v) is 18.1. The first-order chi connectivity index (χ1) is 15.3. The quantitative estimate of drug-likeness (QED) is 0.595. The number of piperazine rings is 1. The molecule has 1 heterocycles.